The average Bonchev–Trinajstić information content (AvgIpc) is 2.66. The number of hydrogen-bond acceptors (Lipinski definition) is 6. The van der Waals surface area contributed by atoms with E-state index in [-0.39, 0.29) is 18.1 Å². The lowest BCUT2D eigenvalue weighted by atomic mass is 9.94. The number of rotatable bonds is 9. The largest absolute Gasteiger partial charge is 0.497 e. The van der Waals surface area contributed by atoms with Gasteiger partial charge in [0.1, 0.15) is 18.0 Å². The summed E-state index contributed by atoms with van der Waals surface area (Å²) in [6.07, 6.45) is 4.23. The second-order valence-corrected chi connectivity index (χ2v) is 9.10. The summed E-state index contributed by atoms with van der Waals surface area (Å²) in [5, 5.41) is 2.85. The Morgan fingerprint density at radius 1 is 1.25 bits per heavy atom. The standard InChI is InChI=1S/C19H31N3O5S/c1-21-11-8-15(9-12-21)7-10-20-19(23)14-22(28(4,24)25)17-13-16(26-2)5-6-18(17)27-3/h5-6,13,15H,7-12,14H2,1-4H3,(H,20,23). The SMILES string of the molecule is COc1ccc(OC)c(N(CC(=O)NCCC2CCN(C)CC2)S(C)(=O)=O)c1. The van der Waals surface area contributed by atoms with Crippen molar-refractivity contribution in [2.24, 2.45) is 5.92 Å². The van der Waals surface area contributed by atoms with E-state index >= 15 is 0 Å². The molecule has 8 nitrogen and oxygen atoms in total. The van der Waals surface area contributed by atoms with Gasteiger partial charge in [0.05, 0.1) is 26.2 Å². The van der Waals surface area contributed by atoms with Gasteiger partial charge in [-0.25, -0.2) is 8.42 Å². The molecule has 1 amide bonds. The van der Waals surface area contributed by atoms with Gasteiger partial charge in [-0.15, -0.1) is 0 Å². The van der Waals surface area contributed by atoms with Crippen molar-refractivity contribution in [1.82, 2.24) is 10.2 Å². The van der Waals surface area contributed by atoms with Crippen molar-refractivity contribution in [3.63, 3.8) is 0 Å². The van der Waals surface area contributed by atoms with E-state index in [0.717, 1.165) is 42.9 Å². The molecule has 0 unspecified atom stereocenters. The third-order valence-electron chi connectivity index (χ3n) is 5.06. The zero-order valence-corrected chi connectivity index (χ0v) is 17.9. The van der Waals surface area contributed by atoms with Crippen LogP contribution in [-0.4, -0.2) is 72.9 Å². The van der Waals surface area contributed by atoms with Crippen LogP contribution in [0.3, 0.4) is 0 Å². The Kier molecular flexibility index (Phi) is 7.94. The molecule has 0 spiro atoms. The number of carbonyl (C=O) groups excluding carboxylic acids is 1. The Hall–Kier alpha value is -2.00. The van der Waals surface area contributed by atoms with Crippen LogP contribution in [0.5, 0.6) is 11.5 Å². The van der Waals surface area contributed by atoms with E-state index in [9.17, 15) is 13.2 Å². The highest BCUT2D eigenvalue weighted by Gasteiger charge is 2.25. The highest BCUT2D eigenvalue weighted by Crippen LogP contribution is 2.33. The number of amides is 1. The molecule has 28 heavy (non-hydrogen) atoms. The first-order chi connectivity index (χ1) is 13.2. The predicted octanol–water partition coefficient (Wildman–Crippen LogP) is 1.32. The van der Waals surface area contributed by atoms with Crippen LogP contribution in [0, 0.1) is 5.92 Å². The molecule has 0 atom stereocenters. The van der Waals surface area contributed by atoms with Gasteiger partial charge in [0.15, 0.2) is 0 Å². The highest BCUT2D eigenvalue weighted by atomic mass is 32.2. The molecule has 1 aliphatic heterocycles. The first kappa shape index (κ1) is 22.3. The lowest BCUT2D eigenvalue weighted by Crippen LogP contribution is -2.41. The van der Waals surface area contributed by atoms with Gasteiger partial charge >= 0.3 is 0 Å². The van der Waals surface area contributed by atoms with Crippen LogP contribution in [0.15, 0.2) is 18.2 Å². The highest BCUT2D eigenvalue weighted by molar-refractivity contribution is 7.92. The summed E-state index contributed by atoms with van der Waals surface area (Å²) in [5.41, 5.74) is 0.273. The van der Waals surface area contributed by atoms with Crippen molar-refractivity contribution in [1.29, 1.82) is 0 Å². The van der Waals surface area contributed by atoms with Crippen LogP contribution in [0.25, 0.3) is 0 Å². The zero-order chi connectivity index (χ0) is 20.7. The second-order valence-electron chi connectivity index (χ2n) is 7.19. The quantitative estimate of drug-likeness (QED) is 0.657. The van der Waals surface area contributed by atoms with Gasteiger partial charge in [-0.2, -0.15) is 0 Å². The Morgan fingerprint density at radius 3 is 2.50 bits per heavy atom. The molecule has 9 heteroatoms. The van der Waals surface area contributed by atoms with Crippen molar-refractivity contribution in [2.45, 2.75) is 19.3 Å². The first-order valence-corrected chi connectivity index (χ1v) is 11.2. The van der Waals surface area contributed by atoms with Gasteiger partial charge in [-0.1, -0.05) is 0 Å². The van der Waals surface area contributed by atoms with Crippen LogP contribution in [-0.2, 0) is 14.8 Å². The van der Waals surface area contributed by atoms with Crippen LogP contribution in [0.1, 0.15) is 19.3 Å². The van der Waals surface area contributed by atoms with Crippen molar-refractivity contribution >= 4 is 21.6 Å². The van der Waals surface area contributed by atoms with Crippen LogP contribution in [0.4, 0.5) is 5.69 Å². The van der Waals surface area contributed by atoms with Gasteiger partial charge in [-0.05, 0) is 57.5 Å². The normalized spacial score (nSPS) is 15.9. The monoisotopic (exact) mass is 413 g/mol. The van der Waals surface area contributed by atoms with E-state index in [1.54, 1.807) is 18.2 Å². The lowest BCUT2D eigenvalue weighted by Gasteiger charge is -2.29. The molecule has 0 aromatic heterocycles. The Balaban J connectivity index is 2.02. The van der Waals surface area contributed by atoms with Gasteiger partial charge in [0.25, 0.3) is 0 Å². The number of piperidine rings is 1. The molecule has 1 N–H and O–H groups in total. The summed E-state index contributed by atoms with van der Waals surface area (Å²) in [6.45, 7) is 2.39. The topological polar surface area (TPSA) is 88.2 Å². The van der Waals surface area contributed by atoms with Gasteiger partial charge in [0.2, 0.25) is 15.9 Å². The number of ether oxygens (including phenoxy) is 2. The summed E-state index contributed by atoms with van der Waals surface area (Å²) in [5.74, 6) is 1.08. The number of carbonyl (C=O) groups is 1. The Bertz CT molecular complexity index is 761. The third-order valence-corrected chi connectivity index (χ3v) is 6.18. The molecule has 1 fully saturated rings. The molecule has 0 aliphatic carbocycles. The van der Waals surface area contributed by atoms with Gasteiger partial charge < -0.3 is 19.7 Å². The van der Waals surface area contributed by atoms with Crippen LogP contribution < -0.4 is 19.1 Å². The first-order valence-electron chi connectivity index (χ1n) is 9.39. The lowest BCUT2D eigenvalue weighted by molar-refractivity contribution is -0.119. The van der Waals surface area contributed by atoms with E-state index in [4.69, 9.17) is 9.47 Å². The number of benzene rings is 1. The fourth-order valence-corrected chi connectivity index (χ4v) is 4.18. The smallest absolute Gasteiger partial charge is 0.240 e. The fraction of sp³-hybridized carbons (Fsp3) is 0.632. The molecule has 0 bridgehead atoms. The van der Waals surface area contributed by atoms with Gasteiger partial charge in [0, 0.05) is 12.6 Å². The third kappa shape index (κ3) is 6.27. The summed E-state index contributed by atoms with van der Waals surface area (Å²) in [6, 6.07) is 4.83. The molecule has 158 valence electrons. The molecular formula is C19H31N3O5S. The number of nitrogens with zero attached hydrogens (tertiary/aromatic N) is 2. The number of methoxy groups -OCH3 is 2. The van der Waals surface area contributed by atoms with Crippen molar-refractivity contribution in [3.05, 3.63) is 18.2 Å². The molecule has 1 heterocycles. The second kappa shape index (κ2) is 9.97. The summed E-state index contributed by atoms with van der Waals surface area (Å²) in [4.78, 5) is 14.7. The van der Waals surface area contributed by atoms with E-state index in [1.807, 2.05) is 0 Å². The maximum absolute atomic E-state index is 12.4. The predicted molar refractivity (Wildman–Crippen MR) is 110 cm³/mol. The molecule has 1 aromatic rings. The molecular weight excluding hydrogens is 382 g/mol. The number of hydrogen-bond donors (Lipinski definition) is 1. The molecule has 1 aliphatic rings. The summed E-state index contributed by atoms with van der Waals surface area (Å²) in [7, 11) is 1.37. The van der Waals surface area contributed by atoms with E-state index in [0.29, 0.717) is 24.0 Å². The average molecular weight is 414 g/mol. The van der Waals surface area contributed by atoms with Crippen LogP contribution in [0.2, 0.25) is 0 Å². The minimum Gasteiger partial charge on any atom is -0.497 e. The molecule has 0 saturated carbocycles. The summed E-state index contributed by atoms with van der Waals surface area (Å²) < 4.78 is 36.2. The van der Waals surface area contributed by atoms with Crippen molar-refractivity contribution in [3.8, 4) is 11.5 Å². The molecule has 0 radical (unpaired) electrons. The van der Waals surface area contributed by atoms with E-state index in [2.05, 4.69) is 17.3 Å². The number of anilines is 1. The number of sulfonamides is 1. The zero-order valence-electron chi connectivity index (χ0n) is 17.1. The van der Waals surface area contributed by atoms with Gasteiger partial charge in [-0.3, -0.25) is 9.10 Å². The Labute approximate surface area is 167 Å². The number of nitrogens with one attached hydrogen (secondary N) is 1. The van der Waals surface area contributed by atoms with E-state index < -0.39 is 10.0 Å². The maximum Gasteiger partial charge on any atom is 0.240 e. The summed E-state index contributed by atoms with van der Waals surface area (Å²) >= 11 is 0. The minimum absolute atomic E-state index is 0.273. The van der Waals surface area contributed by atoms with E-state index in [1.165, 1.54) is 14.2 Å². The Morgan fingerprint density at radius 2 is 1.93 bits per heavy atom. The molecule has 1 saturated heterocycles. The fourth-order valence-electron chi connectivity index (χ4n) is 3.33. The molecule has 1 aromatic carbocycles. The number of likely N-dealkylation sites (tertiary alicyclic amines) is 1. The minimum atomic E-state index is -3.69. The molecule has 2 rings (SSSR count). The van der Waals surface area contributed by atoms with Crippen molar-refractivity contribution in [2.75, 3.05) is 58.0 Å². The van der Waals surface area contributed by atoms with Crippen LogP contribution >= 0.6 is 0 Å². The van der Waals surface area contributed by atoms with Crippen molar-refractivity contribution < 1.29 is 22.7 Å². The maximum atomic E-state index is 12.4.